The summed E-state index contributed by atoms with van der Waals surface area (Å²) in [5.41, 5.74) is 9.38. The molecule has 172 valence electrons. The largest absolute Gasteiger partial charge is 0.467 e. The number of carbonyl (C=O) groups excluding carboxylic acids is 1. The van der Waals surface area contributed by atoms with Gasteiger partial charge in [-0.3, -0.25) is 4.79 Å². The first kappa shape index (κ1) is 22.5. The number of aromatic nitrogens is 1. The predicted molar refractivity (Wildman–Crippen MR) is 139 cm³/mol. The van der Waals surface area contributed by atoms with Gasteiger partial charge in [0, 0.05) is 16.3 Å². The highest BCUT2D eigenvalue weighted by molar-refractivity contribution is 7.24. The van der Waals surface area contributed by atoms with Gasteiger partial charge in [-0.1, -0.05) is 41.9 Å². The van der Waals surface area contributed by atoms with Crippen LogP contribution < -0.4 is 16.4 Å². The molecule has 9 heteroatoms. The van der Waals surface area contributed by atoms with Crippen molar-refractivity contribution < 1.29 is 9.21 Å². The molecule has 0 spiro atoms. The van der Waals surface area contributed by atoms with E-state index in [1.54, 1.807) is 30.5 Å². The van der Waals surface area contributed by atoms with E-state index in [9.17, 15) is 10.1 Å². The number of pyridine rings is 1. The molecule has 5 aromatic rings. The van der Waals surface area contributed by atoms with Crippen LogP contribution >= 0.6 is 22.9 Å². The molecule has 0 saturated carbocycles. The van der Waals surface area contributed by atoms with Crippen LogP contribution in [0.4, 0.5) is 16.5 Å². The zero-order valence-electron chi connectivity index (χ0n) is 18.2. The van der Waals surface area contributed by atoms with Gasteiger partial charge >= 0.3 is 0 Å². The Morgan fingerprint density at radius 2 is 1.89 bits per heavy atom. The van der Waals surface area contributed by atoms with Gasteiger partial charge in [-0.15, -0.1) is 11.3 Å². The Morgan fingerprint density at radius 1 is 1.11 bits per heavy atom. The lowest BCUT2D eigenvalue weighted by molar-refractivity contribution is 0.0950. The Hall–Kier alpha value is -4.32. The van der Waals surface area contributed by atoms with Gasteiger partial charge in [0.05, 0.1) is 23.0 Å². The number of nitrogens with one attached hydrogen (secondary N) is 2. The third-order valence-corrected chi connectivity index (χ3v) is 6.72. The number of fused-ring (bicyclic) bond motifs is 1. The molecule has 35 heavy (non-hydrogen) atoms. The number of thiophene rings is 1. The van der Waals surface area contributed by atoms with Gasteiger partial charge in [0.25, 0.3) is 5.91 Å². The van der Waals surface area contributed by atoms with Gasteiger partial charge in [-0.25, -0.2) is 4.98 Å². The summed E-state index contributed by atoms with van der Waals surface area (Å²) in [6, 6.07) is 22.3. The molecule has 0 saturated heterocycles. The third-order valence-electron chi connectivity index (χ3n) is 5.36. The van der Waals surface area contributed by atoms with Gasteiger partial charge in [-0.05, 0) is 42.0 Å². The number of nitrogens with two attached hydrogens (primary N) is 1. The van der Waals surface area contributed by atoms with Crippen LogP contribution in [0.2, 0.25) is 5.02 Å². The molecular weight excluding hydrogens is 482 g/mol. The molecular formula is C26H18ClN5O2S. The summed E-state index contributed by atoms with van der Waals surface area (Å²) < 4.78 is 6.01. The van der Waals surface area contributed by atoms with Crippen LogP contribution in [0, 0.1) is 11.3 Å². The number of hydrogen-bond acceptors (Lipinski definition) is 7. The fourth-order valence-corrected chi connectivity index (χ4v) is 5.10. The number of nitrogen functional groups attached to an aromatic ring is 1. The van der Waals surface area contributed by atoms with Crippen molar-refractivity contribution in [2.45, 2.75) is 6.54 Å². The van der Waals surface area contributed by atoms with E-state index in [2.05, 4.69) is 21.7 Å². The Balaban J connectivity index is 1.71. The van der Waals surface area contributed by atoms with E-state index in [1.165, 1.54) is 11.3 Å². The fraction of sp³-hybridized carbons (Fsp3) is 0.0385. The van der Waals surface area contributed by atoms with E-state index < -0.39 is 0 Å². The van der Waals surface area contributed by atoms with E-state index in [1.807, 2.05) is 42.5 Å². The number of furan rings is 1. The normalized spacial score (nSPS) is 10.7. The molecule has 3 heterocycles. The molecule has 3 aromatic heterocycles. The lowest BCUT2D eigenvalue weighted by atomic mass is 10.00. The van der Waals surface area contributed by atoms with Crippen LogP contribution in [0.3, 0.4) is 0 Å². The first-order chi connectivity index (χ1) is 17.0. The highest BCUT2D eigenvalue weighted by Gasteiger charge is 2.26. The second kappa shape index (κ2) is 9.50. The second-order valence-corrected chi connectivity index (χ2v) is 9.06. The van der Waals surface area contributed by atoms with Crippen molar-refractivity contribution in [1.82, 2.24) is 10.3 Å². The number of halogens is 1. The molecule has 0 aliphatic carbocycles. The second-order valence-electron chi connectivity index (χ2n) is 7.60. The van der Waals surface area contributed by atoms with E-state index >= 15 is 0 Å². The molecule has 0 fully saturated rings. The number of amides is 1. The molecule has 2 aromatic carbocycles. The molecule has 0 bridgehead atoms. The molecule has 0 atom stereocenters. The standard InChI is InChI=1S/C26H18ClN5O2S/c27-16-10-8-15(9-11-16)20-19(13-28)24(29)32-22-21(25(33)30-14-18-7-4-12-34-18)26(35-23(20)22)31-17-5-2-1-3-6-17/h1-12,31H,14H2,(H2,29,32)(H,30,33). The summed E-state index contributed by atoms with van der Waals surface area (Å²) in [5.74, 6) is 0.329. The molecule has 7 nitrogen and oxygen atoms in total. The summed E-state index contributed by atoms with van der Waals surface area (Å²) in [5, 5.41) is 17.3. The van der Waals surface area contributed by atoms with Crippen LogP contribution in [0.25, 0.3) is 21.3 Å². The number of nitrogens with zero attached hydrogens (tertiary/aromatic N) is 2. The van der Waals surface area contributed by atoms with Crippen LogP contribution in [-0.2, 0) is 6.54 Å². The summed E-state index contributed by atoms with van der Waals surface area (Å²) >= 11 is 7.43. The molecule has 0 radical (unpaired) electrons. The zero-order chi connectivity index (χ0) is 24.4. The molecule has 5 rings (SSSR count). The molecule has 0 unspecified atom stereocenters. The van der Waals surface area contributed by atoms with Crippen molar-refractivity contribution in [2.24, 2.45) is 0 Å². The van der Waals surface area contributed by atoms with E-state index in [0.29, 0.717) is 37.1 Å². The maximum atomic E-state index is 13.4. The summed E-state index contributed by atoms with van der Waals surface area (Å²) in [4.78, 5) is 17.9. The smallest absolute Gasteiger partial charge is 0.256 e. The van der Waals surface area contributed by atoms with Crippen LogP contribution in [0.5, 0.6) is 0 Å². The fourth-order valence-electron chi connectivity index (χ4n) is 3.74. The van der Waals surface area contributed by atoms with E-state index in [-0.39, 0.29) is 23.8 Å². The Kier molecular flexibility index (Phi) is 6.10. The average molecular weight is 500 g/mol. The van der Waals surface area contributed by atoms with Crippen LogP contribution in [0.1, 0.15) is 21.7 Å². The highest BCUT2D eigenvalue weighted by Crippen LogP contribution is 2.44. The molecule has 0 aliphatic heterocycles. The van der Waals surface area contributed by atoms with Gasteiger partial charge in [0.1, 0.15) is 33.8 Å². The minimum atomic E-state index is -0.343. The molecule has 0 aliphatic rings. The number of hydrogen-bond donors (Lipinski definition) is 3. The van der Waals surface area contributed by atoms with E-state index in [4.69, 9.17) is 21.8 Å². The van der Waals surface area contributed by atoms with Crippen LogP contribution in [-0.4, -0.2) is 10.9 Å². The van der Waals surface area contributed by atoms with Crippen molar-refractivity contribution in [2.75, 3.05) is 11.1 Å². The Labute approximate surface area is 209 Å². The van der Waals surface area contributed by atoms with E-state index in [0.717, 1.165) is 11.3 Å². The molecule has 4 N–H and O–H groups in total. The van der Waals surface area contributed by atoms with Crippen molar-refractivity contribution in [3.8, 4) is 17.2 Å². The number of carbonyl (C=O) groups is 1. The monoisotopic (exact) mass is 499 g/mol. The lowest BCUT2D eigenvalue weighted by Crippen LogP contribution is -2.23. The minimum Gasteiger partial charge on any atom is -0.467 e. The quantitative estimate of drug-likeness (QED) is 0.251. The SMILES string of the molecule is N#Cc1c(N)nc2c(C(=O)NCc3ccco3)c(Nc3ccccc3)sc2c1-c1ccc(Cl)cc1. The minimum absolute atomic E-state index is 0.0501. The Bertz CT molecular complexity index is 1560. The number of rotatable bonds is 6. The molecule has 1 amide bonds. The highest BCUT2D eigenvalue weighted by atomic mass is 35.5. The summed E-state index contributed by atoms with van der Waals surface area (Å²) in [6.45, 7) is 0.212. The maximum Gasteiger partial charge on any atom is 0.256 e. The maximum absolute atomic E-state index is 13.4. The third kappa shape index (κ3) is 4.43. The van der Waals surface area contributed by atoms with Gasteiger partial charge < -0.3 is 20.8 Å². The number of anilines is 3. The average Bonchev–Trinajstić information content (AvgIpc) is 3.51. The Morgan fingerprint density at radius 3 is 2.57 bits per heavy atom. The first-order valence-corrected chi connectivity index (χ1v) is 11.8. The van der Waals surface area contributed by atoms with Crippen molar-refractivity contribution in [1.29, 1.82) is 5.26 Å². The number of para-hydroxylation sites is 1. The summed E-state index contributed by atoms with van der Waals surface area (Å²) in [7, 11) is 0. The number of benzene rings is 2. The predicted octanol–water partition coefficient (Wildman–Crippen LogP) is 6.34. The number of nitriles is 1. The first-order valence-electron chi connectivity index (χ1n) is 10.6. The van der Waals surface area contributed by atoms with Gasteiger partial charge in [0.2, 0.25) is 0 Å². The lowest BCUT2D eigenvalue weighted by Gasteiger charge is -2.10. The zero-order valence-corrected chi connectivity index (χ0v) is 19.8. The van der Waals surface area contributed by atoms with Crippen LogP contribution in [0.15, 0.2) is 77.4 Å². The van der Waals surface area contributed by atoms with Gasteiger partial charge in [-0.2, -0.15) is 5.26 Å². The summed E-state index contributed by atoms with van der Waals surface area (Å²) in [6.07, 6.45) is 1.55. The van der Waals surface area contributed by atoms with Crippen molar-refractivity contribution >= 4 is 55.6 Å². The van der Waals surface area contributed by atoms with Crippen molar-refractivity contribution in [3.63, 3.8) is 0 Å². The van der Waals surface area contributed by atoms with Crippen molar-refractivity contribution in [3.05, 3.63) is 94.9 Å². The van der Waals surface area contributed by atoms with Gasteiger partial charge in [0.15, 0.2) is 0 Å². The topological polar surface area (TPSA) is 117 Å².